The summed E-state index contributed by atoms with van der Waals surface area (Å²) in [7, 11) is -3.45. The molecule has 0 aliphatic heterocycles. The molecule has 0 aromatic heterocycles. The first-order chi connectivity index (χ1) is 10.9. The molecule has 3 N–H and O–H groups in total. The molecule has 0 spiro atoms. The Bertz CT molecular complexity index is 723. The highest BCUT2D eigenvalue weighted by Crippen LogP contribution is 2.15. The van der Waals surface area contributed by atoms with E-state index in [4.69, 9.17) is 5.11 Å². The van der Waals surface area contributed by atoms with Gasteiger partial charge in [-0.2, -0.15) is 0 Å². The third-order valence-electron chi connectivity index (χ3n) is 3.26. The molecule has 2 aromatic rings. The largest absolute Gasteiger partial charge is 0.392 e. The van der Waals surface area contributed by atoms with Crippen molar-refractivity contribution in [2.45, 2.75) is 37.9 Å². The molecule has 23 heavy (non-hydrogen) atoms. The minimum atomic E-state index is -3.45. The Hall–Kier alpha value is -1.89. The van der Waals surface area contributed by atoms with Crippen molar-refractivity contribution < 1.29 is 13.5 Å². The maximum atomic E-state index is 12.0. The van der Waals surface area contributed by atoms with Crippen LogP contribution in [0.2, 0.25) is 0 Å². The van der Waals surface area contributed by atoms with Gasteiger partial charge in [-0.25, -0.2) is 13.1 Å². The van der Waals surface area contributed by atoms with Crippen LogP contribution in [0.5, 0.6) is 0 Å². The Balaban J connectivity index is 1.99. The fourth-order valence-corrected chi connectivity index (χ4v) is 3.35. The van der Waals surface area contributed by atoms with E-state index in [1.807, 2.05) is 24.3 Å². The Kier molecular flexibility index (Phi) is 5.76. The van der Waals surface area contributed by atoms with Gasteiger partial charge in [0.1, 0.15) is 0 Å². The second-order valence-corrected chi connectivity index (χ2v) is 7.34. The number of hydrogen-bond acceptors (Lipinski definition) is 4. The molecule has 5 nitrogen and oxygen atoms in total. The van der Waals surface area contributed by atoms with E-state index >= 15 is 0 Å². The van der Waals surface area contributed by atoms with Gasteiger partial charge in [-0.3, -0.25) is 0 Å². The van der Waals surface area contributed by atoms with Crippen molar-refractivity contribution in [1.82, 2.24) is 4.72 Å². The van der Waals surface area contributed by atoms with Crippen LogP contribution in [0.25, 0.3) is 0 Å². The lowest BCUT2D eigenvalue weighted by Gasteiger charge is -2.11. The number of aliphatic hydroxyl groups is 1. The molecule has 124 valence electrons. The van der Waals surface area contributed by atoms with Gasteiger partial charge in [0.2, 0.25) is 10.0 Å². The van der Waals surface area contributed by atoms with E-state index in [0.717, 1.165) is 16.8 Å². The number of anilines is 1. The van der Waals surface area contributed by atoms with Crippen LogP contribution in [0.3, 0.4) is 0 Å². The number of sulfonamides is 1. The molecule has 0 unspecified atom stereocenters. The Morgan fingerprint density at radius 2 is 1.52 bits per heavy atom. The van der Waals surface area contributed by atoms with Crippen molar-refractivity contribution >= 4 is 15.7 Å². The Morgan fingerprint density at radius 1 is 0.957 bits per heavy atom. The van der Waals surface area contributed by atoms with Crippen molar-refractivity contribution in [3.63, 3.8) is 0 Å². The first kappa shape index (κ1) is 17.5. The van der Waals surface area contributed by atoms with Gasteiger partial charge in [-0.05, 0) is 49.2 Å². The zero-order valence-electron chi connectivity index (χ0n) is 13.3. The van der Waals surface area contributed by atoms with E-state index in [-0.39, 0.29) is 17.5 Å². The predicted molar refractivity (Wildman–Crippen MR) is 91.6 cm³/mol. The molecule has 2 aromatic carbocycles. The van der Waals surface area contributed by atoms with Crippen LogP contribution in [-0.2, 0) is 23.2 Å². The van der Waals surface area contributed by atoms with Gasteiger partial charge < -0.3 is 10.4 Å². The standard InChI is InChI=1S/C17H22N2O3S/c1-13(2)19-23(21,22)17-9-7-16(8-10-17)18-11-14-3-5-15(12-20)6-4-14/h3-10,13,18-20H,11-12H2,1-2H3. The number of benzene rings is 2. The molecular weight excluding hydrogens is 312 g/mol. The molecule has 0 amide bonds. The van der Waals surface area contributed by atoms with Gasteiger partial charge in [-0.15, -0.1) is 0 Å². The summed E-state index contributed by atoms with van der Waals surface area (Å²) in [6.45, 7) is 4.24. The van der Waals surface area contributed by atoms with Crippen LogP contribution in [0, 0.1) is 0 Å². The van der Waals surface area contributed by atoms with Crippen LogP contribution in [0.4, 0.5) is 5.69 Å². The van der Waals surface area contributed by atoms with E-state index in [1.54, 1.807) is 38.1 Å². The maximum Gasteiger partial charge on any atom is 0.240 e. The molecule has 0 radical (unpaired) electrons. The number of aliphatic hydroxyl groups excluding tert-OH is 1. The summed E-state index contributed by atoms with van der Waals surface area (Å²) in [5.74, 6) is 0. The lowest BCUT2D eigenvalue weighted by atomic mass is 10.1. The second kappa shape index (κ2) is 7.59. The summed E-state index contributed by atoms with van der Waals surface area (Å²) in [5, 5.41) is 12.3. The van der Waals surface area contributed by atoms with Crippen molar-refractivity contribution in [3.05, 3.63) is 59.7 Å². The summed E-state index contributed by atoms with van der Waals surface area (Å²) < 4.78 is 26.6. The molecule has 2 rings (SSSR count). The zero-order valence-corrected chi connectivity index (χ0v) is 14.1. The van der Waals surface area contributed by atoms with Crippen LogP contribution in [-0.4, -0.2) is 19.6 Å². The quantitative estimate of drug-likeness (QED) is 0.727. The number of rotatable bonds is 7. The smallest absolute Gasteiger partial charge is 0.240 e. The van der Waals surface area contributed by atoms with Crippen molar-refractivity contribution in [3.8, 4) is 0 Å². The van der Waals surface area contributed by atoms with Crippen molar-refractivity contribution in [2.75, 3.05) is 5.32 Å². The van der Waals surface area contributed by atoms with Gasteiger partial charge in [0.15, 0.2) is 0 Å². The molecule has 0 atom stereocenters. The SMILES string of the molecule is CC(C)NS(=O)(=O)c1ccc(NCc2ccc(CO)cc2)cc1. The van der Waals surface area contributed by atoms with E-state index in [9.17, 15) is 8.42 Å². The lowest BCUT2D eigenvalue weighted by Crippen LogP contribution is -2.30. The highest BCUT2D eigenvalue weighted by atomic mass is 32.2. The summed E-state index contributed by atoms with van der Waals surface area (Å²) in [6.07, 6.45) is 0. The fraction of sp³-hybridized carbons (Fsp3) is 0.294. The lowest BCUT2D eigenvalue weighted by molar-refractivity contribution is 0.282. The zero-order chi connectivity index (χ0) is 16.9. The number of nitrogens with one attached hydrogen (secondary N) is 2. The third-order valence-corrected chi connectivity index (χ3v) is 4.93. The van der Waals surface area contributed by atoms with Gasteiger partial charge in [0, 0.05) is 18.3 Å². The van der Waals surface area contributed by atoms with Gasteiger partial charge in [-0.1, -0.05) is 24.3 Å². The van der Waals surface area contributed by atoms with E-state index in [2.05, 4.69) is 10.0 Å². The topological polar surface area (TPSA) is 78.4 Å². The van der Waals surface area contributed by atoms with Gasteiger partial charge >= 0.3 is 0 Å². The Morgan fingerprint density at radius 3 is 2.04 bits per heavy atom. The fourth-order valence-electron chi connectivity index (χ4n) is 2.10. The average molecular weight is 334 g/mol. The van der Waals surface area contributed by atoms with Crippen LogP contribution >= 0.6 is 0 Å². The highest BCUT2D eigenvalue weighted by Gasteiger charge is 2.14. The molecule has 0 fully saturated rings. The minimum Gasteiger partial charge on any atom is -0.392 e. The van der Waals surface area contributed by atoms with Crippen LogP contribution in [0.1, 0.15) is 25.0 Å². The molecule has 0 aliphatic rings. The third kappa shape index (κ3) is 5.06. The molecule has 0 saturated carbocycles. The molecular formula is C17H22N2O3S. The predicted octanol–water partition coefficient (Wildman–Crippen LogP) is 2.48. The van der Waals surface area contributed by atoms with Gasteiger partial charge in [0.25, 0.3) is 0 Å². The monoisotopic (exact) mass is 334 g/mol. The number of hydrogen-bond donors (Lipinski definition) is 3. The second-order valence-electron chi connectivity index (χ2n) is 5.63. The van der Waals surface area contributed by atoms with Gasteiger partial charge in [0.05, 0.1) is 11.5 Å². The molecule has 0 heterocycles. The summed E-state index contributed by atoms with van der Waals surface area (Å²) in [5.41, 5.74) is 2.81. The Labute approximate surface area is 137 Å². The minimum absolute atomic E-state index is 0.0358. The molecule has 6 heteroatoms. The maximum absolute atomic E-state index is 12.0. The summed E-state index contributed by atoms with van der Waals surface area (Å²) in [4.78, 5) is 0.254. The van der Waals surface area contributed by atoms with E-state index < -0.39 is 10.0 Å². The summed E-state index contributed by atoms with van der Waals surface area (Å²) in [6, 6.07) is 14.2. The van der Waals surface area contributed by atoms with E-state index in [0.29, 0.717) is 6.54 Å². The molecule has 0 saturated heterocycles. The first-order valence-corrected chi connectivity index (χ1v) is 8.94. The van der Waals surface area contributed by atoms with Crippen molar-refractivity contribution in [2.24, 2.45) is 0 Å². The highest BCUT2D eigenvalue weighted by molar-refractivity contribution is 7.89. The summed E-state index contributed by atoms with van der Waals surface area (Å²) >= 11 is 0. The van der Waals surface area contributed by atoms with Crippen LogP contribution < -0.4 is 10.0 Å². The van der Waals surface area contributed by atoms with E-state index in [1.165, 1.54) is 0 Å². The van der Waals surface area contributed by atoms with Crippen molar-refractivity contribution in [1.29, 1.82) is 0 Å². The van der Waals surface area contributed by atoms with Crippen LogP contribution in [0.15, 0.2) is 53.4 Å². The molecule has 0 aliphatic carbocycles. The average Bonchev–Trinajstić information content (AvgIpc) is 2.52. The molecule has 0 bridgehead atoms. The normalized spacial score (nSPS) is 11.7. The first-order valence-electron chi connectivity index (χ1n) is 7.45.